The van der Waals surface area contributed by atoms with Gasteiger partial charge >= 0.3 is 5.97 Å². The zero-order valence-electron chi connectivity index (χ0n) is 19.1. The molecule has 2 heterocycles. The second kappa shape index (κ2) is 11.5. The molecule has 36 heavy (non-hydrogen) atoms. The smallest absolute Gasteiger partial charge is 0.305 e. The van der Waals surface area contributed by atoms with Crippen molar-refractivity contribution < 1.29 is 24.3 Å². The van der Waals surface area contributed by atoms with Crippen LogP contribution >= 0.6 is 11.8 Å². The number of amides is 3. The highest BCUT2D eigenvalue weighted by atomic mass is 32.2. The van der Waals surface area contributed by atoms with Crippen LogP contribution in [0.3, 0.4) is 0 Å². The van der Waals surface area contributed by atoms with Gasteiger partial charge in [-0.15, -0.1) is 5.10 Å². The molecule has 182 valence electrons. The second-order valence-electron chi connectivity index (χ2n) is 8.04. The highest BCUT2D eigenvalue weighted by Gasteiger charge is 2.34. The number of thioether (sulfide) groups is 1. The van der Waals surface area contributed by atoms with Gasteiger partial charge in [0.25, 0.3) is 11.8 Å². The Balaban J connectivity index is 1.23. The van der Waals surface area contributed by atoms with E-state index in [1.54, 1.807) is 24.3 Å². The lowest BCUT2D eigenvalue weighted by atomic mass is 10.1. The number of nitrogens with zero attached hydrogens (tertiary/aromatic N) is 3. The molecular formula is C26H22N4O5S. The van der Waals surface area contributed by atoms with Crippen LogP contribution in [0.1, 0.15) is 57.5 Å². The van der Waals surface area contributed by atoms with Crippen molar-refractivity contribution >= 4 is 46.8 Å². The summed E-state index contributed by atoms with van der Waals surface area (Å²) in [5, 5.41) is 18.8. The predicted molar refractivity (Wildman–Crippen MR) is 136 cm³/mol. The topological polar surface area (TPSA) is 128 Å². The summed E-state index contributed by atoms with van der Waals surface area (Å²) in [6.45, 7) is 0.373. The molecular weight excluding hydrogens is 480 g/mol. The summed E-state index contributed by atoms with van der Waals surface area (Å²) in [5.41, 5.74) is 2.50. The number of nitrogens with one attached hydrogen (secondary N) is 1. The molecule has 2 aromatic rings. The second-order valence-corrected chi connectivity index (χ2v) is 9.23. The maximum absolute atomic E-state index is 12.4. The van der Waals surface area contributed by atoms with E-state index in [0.29, 0.717) is 30.5 Å². The first-order chi connectivity index (χ1) is 17.4. The number of aliphatic carboxylic acids is 1. The van der Waals surface area contributed by atoms with Gasteiger partial charge in [-0.25, -0.2) is 0 Å². The number of carboxylic acids is 1. The van der Waals surface area contributed by atoms with Crippen LogP contribution in [0.15, 0.2) is 58.7 Å². The average Bonchev–Trinajstić information content (AvgIpc) is 3.32. The lowest BCUT2D eigenvalue weighted by Gasteiger charge is -2.12. The molecule has 2 aliphatic heterocycles. The summed E-state index contributed by atoms with van der Waals surface area (Å²) in [6, 6.07) is 14.3. The molecule has 0 spiro atoms. The molecule has 9 nitrogen and oxygen atoms in total. The van der Waals surface area contributed by atoms with Gasteiger partial charge in [-0.2, -0.15) is 5.10 Å². The van der Waals surface area contributed by atoms with Crippen molar-refractivity contribution in [1.29, 1.82) is 0 Å². The van der Waals surface area contributed by atoms with Gasteiger partial charge in [-0.3, -0.25) is 24.1 Å². The maximum Gasteiger partial charge on any atom is 0.305 e. The van der Waals surface area contributed by atoms with E-state index in [1.807, 2.05) is 24.3 Å². The van der Waals surface area contributed by atoms with Crippen molar-refractivity contribution in [3.8, 4) is 11.8 Å². The van der Waals surface area contributed by atoms with Crippen molar-refractivity contribution in [3.05, 3.63) is 70.8 Å². The van der Waals surface area contributed by atoms with E-state index < -0.39 is 17.1 Å². The van der Waals surface area contributed by atoms with E-state index in [-0.39, 0.29) is 23.4 Å². The van der Waals surface area contributed by atoms with E-state index in [9.17, 15) is 19.2 Å². The molecule has 1 atom stereocenters. The van der Waals surface area contributed by atoms with Crippen LogP contribution in [0.5, 0.6) is 0 Å². The molecule has 0 radical (unpaired) electrons. The number of imide groups is 1. The quantitative estimate of drug-likeness (QED) is 0.188. The minimum absolute atomic E-state index is 0.237. The van der Waals surface area contributed by atoms with Gasteiger partial charge in [0.05, 0.1) is 23.8 Å². The van der Waals surface area contributed by atoms with Crippen LogP contribution in [-0.4, -0.2) is 56.9 Å². The summed E-state index contributed by atoms with van der Waals surface area (Å²) in [6.07, 6.45) is 3.31. The number of hydrogen-bond donors (Lipinski definition) is 2. The number of carbonyl (C=O) groups is 4. The van der Waals surface area contributed by atoms with Gasteiger partial charge in [0.1, 0.15) is 5.25 Å². The zero-order chi connectivity index (χ0) is 25.5. The van der Waals surface area contributed by atoms with E-state index in [4.69, 9.17) is 5.11 Å². The fraction of sp³-hybridized carbons (Fsp3) is 0.231. The molecule has 1 unspecified atom stereocenters. The first-order valence-electron chi connectivity index (χ1n) is 11.3. The average molecular weight is 503 g/mol. The Labute approximate surface area is 211 Å². The largest absolute Gasteiger partial charge is 0.481 e. The third-order valence-electron chi connectivity index (χ3n) is 5.42. The number of unbranched alkanes of at least 4 members (excludes halogenated alkanes) is 2. The number of carboxylic acid groups (broad SMARTS) is 1. The third kappa shape index (κ3) is 6.06. The van der Waals surface area contributed by atoms with Gasteiger partial charge in [-0.05, 0) is 42.7 Å². The number of amidine groups is 1. The summed E-state index contributed by atoms with van der Waals surface area (Å²) in [7, 11) is 0. The van der Waals surface area contributed by atoms with Gasteiger partial charge in [0.15, 0.2) is 5.17 Å². The highest BCUT2D eigenvalue weighted by Crippen LogP contribution is 2.23. The Kier molecular flexibility index (Phi) is 7.92. The van der Waals surface area contributed by atoms with Gasteiger partial charge in [-0.1, -0.05) is 47.9 Å². The SMILES string of the molecule is O=C(O)CC1SC(=NN=Cc2cccc(C#CCCCCN3C(=O)c4ccccc4C3=O)c2)NC1=O. The Morgan fingerprint density at radius 3 is 2.56 bits per heavy atom. The van der Waals surface area contributed by atoms with Crippen molar-refractivity contribution in [2.45, 2.75) is 30.9 Å². The number of benzene rings is 2. The predicted octanol–water partition coefficient (Wildman–Crippen LogP) is 2.90. The molecule has 1 saturated heterocycles. The van der Waals surface area contributed by atoms with Crippen LogP contribution in [0.2, 0.25) is 0 Å². The molecule has 2 N–H and O–H groups in total. The molecule has 0 aromatic heterocycles. The maximum atomic E-state index is 12.4. The Bertz CT molecular complexity index is 1310. The number of hydrogen-bond acceptors (Lipinski definition) is 7. The Hall–Kier alpha value is -4.23. The monoisotopic (exact) mass is 502 g/mol. The minimum Gasteiger partial charge on any atom is -0.481 e. The highest BCUT2D eigenvalue weighted by molar-refractivity contribution is 8.15. The summed E-state index contributed by atoms with van der Waals surface area (Å²) < 4.78 is 0. The molecule has 3 amide bonds. The van der Waals surface area contributed by atoms with Crippen molar-refractivity contribution in [1.82, 2.24) is 10.2 Å². The van der Waals surface area contributed by atoms with E-state index in [1.165, 1.54) is 11.1 Å². The lowest BCUT2D eigenvalue weighted by Crippen LogP contribution is -2.30. The molecule has 0 bridgehead atoms. The van der Waals surface area contributed by atoms with Gasteiger partial charge in [0, 0.05) is 18.5 Å². The Morgan fingerprint density at radius 2 is 1.83 bits per heavy atom. The van der Waals surface area contributed by atoms with E-state index >= 15 is 0 Å². The fourth-order valence-electron chi connectivity index (χ4n) is 3.68. The fourth-order valence-corrected chi connectivity index (χ4v) is 4.60. The molecule has 0 saturated carbocycles. The third-order valence-corrected chi connectivity index (χ3v) is 6.50. The molecule has 1 fully saturated rings. The first kappa shape index (κ1) is 24.9. The van der Waals surface area contributed by atoms with E-state index in [2.05, 4.69) is 27.4 Å². The van der Waals surface area contributed by atoms with Crippen LogP contribution in [0, 0.1) is 11.8 Å². The molecule has 4 rings (SSSR count). The summed E-state index contributed by atoms with van der Waals surface area (Å²) >= 11 is 1.04. The van der Waals surface area contributed by atoms with Gasteiger partial charge < -0.3 is 10.4 Å². The van der Waals surface area contributed by atoms with Crippen LogP contribution in [-0.2, 0) is 9.59 Å². The zero-order valence-corrected chi connectivity index (χ0v) is 20.0. The number of fused-ring (bicyclic) bond motifs is 1. The van der Waals surface area contributed by atoms with Crippen molar-refractivity contribution in [2.24, 2.45) is 10.2 Å². The normalized spacial score (nSPS) is 17.9. The van der Waals surface area contributed by atoms with Crippen LogP contribution < -0.4 is 5.32 Å². The van der Waals surface area contributed by atoms with E-state index in [0.717, 1.165) is 29.3 Å². The Morgan fingerprint density at radius 1 is 1.08 bits per heavy atom. The van der Waals surface area contributed by atoms with Crippen molar-refractivity contribution in [2.75, 3.05) is 6.54 Å². The molecule has 0 aliphatic carbocycles. The number of carbonyl (C=O) groups excluding carboxylic acids is 3. The summed E-state index contributed by atoms with van der Waals surface area (Å²) in [4.78, 5) is 48.6. The van der Waals surface area contributed by atoms with Crippen LogP contribution in [0.4, 0.5) is 0 Å². The molecule has 10 heteroatoms. The lowest BCUT2D eigenvalue weighted by molar-refractivity contribution is -0.138. The van der Waals surface area contributed by atoms with Crippen LogP contribution in [0.25, 0.3) is 0 Å². The summed E-state index contributed by atoms with van der Waals surface area (Å²) in [5.74, 6) is 4.29. The standard InChI is InChI=1S/C26H22N4O5S/c31-22(32)15-21-23(33)28-26(36-21)29-27-16-18-10-7-9-17(14-18)8-3-1-2-6-13-30-24(34)19-11-4-5-12-20(19)25(30)35/h4-5,7,9-12,14,16,21H,1-2,6,13,15H2,(H,31,32)(H,28,29,33). The molecule has 2 aromatic carbocycles. The molecule has 2 aliphatic rings. The minimum atomic E-state index is -1.05. The first-order valence-corrected chi connectivity index (χ1v) is 12.1. The van der Waals surface area contributed by atoms with Crippen molar-refractivity contribution in [3.63, 3.8) is 0 Å². The number of rotatable bonds is 8. The van der Waals surface area contributed by atoms with Gasteiger partial charge in [0.2, 0.25) is 5.91 Å².